The zero-order valence-electron chi connectivity index (χ0n) is 13.7. The fourth-order valence-corrected chi connectivity index (χ4v) is 3.75. The quantitative estimate of drug-likeness (QED) is 0.706. The maximum Gasteiger partial charge on any atom is 0.168 e. The molecule has 3 heterocycles. The van der Waals surface area contributed by atoms with Gasteiger partial charge in [0.15, 0.2) is 5.82 Å². The van der Waals surface area contributed by atoms with Gasteiger partial charge in [0, 0.05) is 36.8 Å². The average molecular weight is 348 g/mol. The highest BCUT2D eigenvalue weighted by Gasteiger charge is 2.26. The summed E-state index contributed by atoms with van der Waals surface area (Å²) in [5.41, 5.74) is 4.02. The Bertz CT molecular complexity index is 930. The molecule has 4 rings (SSSR count). The smallest absolute Gasteiger partial charge is 0.168 e. The monoisotopic (exact) mass is 348 g/mol. The molecule has 0 bridgehead atoms. The van der Waals surface area contributed by atoms with E-state index in [-0.39, 0.29) is 0 Å². The van der Waals surface area contributed by atoms with E-state index in [2.05, 4.69) is 39.7 Å². The number of aromatic nitrogens is 3. The molecule has 0 atom stereocenters. The predicted molar refractivity (Wildman–Crippen MR) is 99.0 cm³/mol. The predicted octanol–water partition coefficient (Wildman–Crippen LogP) is 4.14. The molecule has 0 saturated carbocycles. The van der Waals surface area contributed by atoms with Crippen LogP contribution in [0.15, 0.2) is 71.6 Å². The van der Waals surface area contributed by atoms with Crippen molar-refractivity contribution in [3.05, 3.63) is 72.8 Å². The number of methoxy groups -OCH3 is 1. The van der Waals surface area contributed by atoms with Crippen molar-refractivity contribution in [1.82, 2.24) is 15.0 Å². The number of hydrogen-bond acceptors (Lipinski definition) is 6. The minimum absolute atomic E-state index is 0.405. The topological polar surface area (TPSA) is 51.1 Å². The normalized spacial score (nSPS) is 12.4. The van der Waals surface area contributed by atoms with Gasteiger partial charge in [-0.2, -0.15) is 0 Å². The molecule has 5 nitrogen and oxygen atoms in total. The molecule has 6 heteroatoms. The van der Waals surface area contributed by atoms with Crippen LogP contribution in [-0.2, 0) is 4.74 Å². The second-order valence-electron chi connectivity index (χ2n) is 5.54. The third-order valence-electron chi connectivity index (χ3n) is 3.98. The third-order valence-corrected chi connectivity index (χ3v) is 5.02. The Morgan fingerprint density at radius 2 is 2.04 bits per heavy atom. The molecule has 1 aliphatic heterocycles. The Morgan fingerprint density at radius 3 is 2.84 bits per heavy atom. The molecule has 1 aliphatic rings. The minimum Gasteiger partial charge on any atom is -0.364 e. The Kier molecular flexibility index (Phi) is 4.21. The Hall–Kier alpha value is -2.70. The van der Waals surface area contributed by atoms with Crippen LogP contribution in [0.5, 0.6) is 0 Å². The number of ether oxygens (including phenoxy) is 1. The summed E-state index contributed by atoms with van der Waals surface area (Å²) in [7, 11) is 1.68. The number of anilines is 2. The van der Waals surface area contributed by atoms with E-state index in [1.807, 2.05) is 23.2 Å². The Labute approximate surface area is 150 Å². The van der Waals surface area contributed by atoms with Gasteiger partial charge in [-0.25, -0.2) is 9.97 Å². The summed E-state index contributed by atoms with van der Waals surface area (Å²) in [5.74, 6) is 0.811. The lowest BCUT2D eigenvalue weighted by Gasteiger charge is -2.30. The largest absolute Gasteiger partial charge is 0.364 e. The van der Waals surface area contributed by atoms with Gasteiger partial charge >= 0.3 is 0 Å². The molecule has 0 radical (unpaired) electrons. The van der Waals surface area contributed by atoms with E-state index in [0.717, 1.165) is 38.1 Å². The van der Waals surface area contributed by atoms with Crippen molar-refractivity contribution in [2.45, 2.75) is 9.92 Å². The van der Waals surface area contributed by atoms with Crippen molar-refractivity contribution in [2.75, 3.05) is 18.7 Å². The lowest BCUT2D eigenvalue weighted by molar-refractivity contribution is 0.205. The van der Waals surface area contributed by atoms with Crippen molar-refractivity contribution in [1.29, 1.82) is 0 Å². The fourth-order valence-electron chi connectivity index (χ4n) is 2.76. The summed E-state index contributed by atoms with van der Waals surface area (Å²) in [5, 5.41) is 0.880. The first-order valence-electron chi connectivity index (χ1n) is 7.77. The highest BCUT2D eigenvalue weighted by atomic mass is 32.2. The average Bonchev–Trinajstić information content (AvgIpc) is 2.68. The van der Waals surface area contributed by atoms with Crippen LogP contribution < -0.4 is 4.90 Å². The molecule has 0 spiro atoms. The third kappa shape index (κ3) is 2.90. The lowest BCUT2D eigenvalue weighted by atomic mass is 10.0. The first-order chi connectivity index (χ1) is 12.3. The van der Waals surface area contributed by atoms with Crippen LogP contribution in [-0.4, -0.2) is 28.8 Å². The number of hydrogen-bond donors (Lipinski definition) is 0. The second kappa shape index (κ2) is 6.66. The molecule has 2 aromatic heterocycles. The molecule has 3 aromatic rings. The molecule has 124 valence electrons. The van der Waals surface area contributed by atoms with Crippen molar-refractivity contribution < 1.29 is 4.74 Å². The first-order valence-corrected chi connectivity index (χ1v) is 8.58. The SMILES string of the molecule is C=C(c1cccnc1)c1ccc2c(c1)N(COC)c1nccnc1S2. The van der Waals surface area contributed by atoms with Crippen molar-refractivity contribution in [3.63, 3.8) is 0 Å². The maximum atomic E-state index is 5.40. The van der Waals surface area contributed by atoms with Crippen LogP contribution in [0.3, 0.4) is 0 Å². The van der Waals surface area contributed by atoms with E-state index in [4.69, 9.17) is 4.74 Å². The molecule has 1 aromatic carbocycles. The summed E-state index contributed by atoms with van der Waals surface area (Å²) in [6.45, 7) is 4.64. The summed E-state index contributed by atoms with van der Waals surface area (Å²) < 4.78 is 5.40. The van der Waals surface area contributed by atoms with E-state index in [1.165, 1.54) is 0 Å². The second-order valence-corrected chi connectivity index (χ2v) is 6.57. The van der Waals surface area contributed by atoms with Gasteiger partial charge < -0.3 is 4.74 Å². The molecule has 0 fully saturated rings. The van der Waals surface area contributed by atoms with E-state index in [1.54, 1.807) is 37.5 Å². The van der Waals surface area contributed by atoms with Gasteiger partial charge in [-0.15, -0.1) is 0 Å². The number of nitrogens with zero attached hydrogens (tertiary/aromatic N) is 4. The van der Waals surface area contributed by atoms with Crippen LogP contribution in [0.2, 0.25) is 0 Å². The van der Waals surface area contributed by atoms with Gasteiger partial charge in [0.1, 0.15) is 11.8 Å². The van der Waals surface area contributed by atoms with Crippen molar-refractivity contribution in [3.8, 4) is 0 Å². The molecule has 0 N–H and O–H groups in total. The standard InChI is InChI=1S/C19H16N4OS/c1-13(15-4-3-7-20-11-15)14-5-6-17-16(10-14)23(12-24-2)18-19(25-17)22-9-8-21-18/h3-11H,1,12H2,2H3. The van der Waals surface area contributed by atoms with Gasteiger partial charge in [0.2, 0.25) is 0 Å². The van der Waals surface area contributed by atoms with E-state index in [9.17, 15) is 0 Å². The van der Waals surface area contributed by atoms with Crippen LogP contribution >= 0.6 is 11.8 Å². The van der Waals surface area contributed by atoms with Gasteiger partial charge in [-0.1, -0.05) is 30.5 Å². The zero-order chi connectivity index (χ0) is 17.2. The Morgan fingerprint density at radius 1 is 1.16 bits per heavy atom. The van der Waals surface area contributed by atoms with Gasteiger partial charge in [0.05, 0.1) is 5.69 Å². The summed E-state index contributed by atoms with van der Waals surface area (Å²) in [4.78, 5) is 16.2. The first kappa shape index (κ1) is 15.8. The number of pyridine rings is 1. The molecular formula is C19H16N4OS. The van der Waals surface area contributed by atoms with Crippen molar-refractivity contribution in [2.24, 2.45) is 0 Å². The van der Waals surface area contributed by atoms with Gasteiger partial charge in [-0.05, 0) is 34.9 Å². The zero-order valence-corrected chi connectivity index (χ0v) is 14.5. The molecule has 0 saturated heterocycles. The van der Waals surface area contributed by atoms with Gasteiger partial charge in [0.25, 0.3) is 0 Å². The summed E-state index contributed by atoms with van der Waals surface area (Å²) in [6, 6.07) is 10.2. The fraction of sp³-hybridized carbons (Fsp3) is 0.105. The summed E-state index contributed by atoms with van der Waals surface area (Å²) in [6.07, 6.45) is 6.99. The van der Waals surface area contributed by atoms with Crippen molar-refractivity contribution >= 4 is 28.8 Å². The molecule has 0 aliphatic carbocycles. The molecule has 0 unspecified atom stereocenters. The van der Waals surface area contributed by atoms with E-state index < -0.39 is 0 Å². The Balaban J connectivity index is 1.77. The van der Waals surface area contributed by atoms with E-state index >= 15 is 0 Å². The molecular weight excluding hydrogens is 332 g/mol. The molecule has 25 heavy (non-hydrogen) atoms. The lowest BCUT2D eigenvalue weighted by Crippen LogP contribution is -2.24. The highest BCUT2D eigenvalue weighted by Crippen LogP contribution is 2.46. The van der Waals surface area contributed by atoms with Crippen LogP contribution in [0.1, 0.15) is 11.1 Å². The number of fused-ring (bicyclic) bond motifs is 2. The molecule has 0 amide bonds. The number of benzene rings is 1. The summed E-state index contributed by atoms with van der Waals surface area (Å²) >= 11 is 1.62. The minimum atomic E-state index is 0.405. The number of rotatable bonds is 4. The van der Waals surface area contributed by atoms with E-state index in [0.29, 0.717) is 6.73 Å². The highest BCUT2D eigenvalue weighted by molar-refractivity contribution is 7.99. The maximum absolute atomic E-state index is 5.40. The van der Waals surface area contributed by atoms with Crippen LogP contribution in [0.4, 0.5) is 11.5 Å². The van der Waals surface area contributed by atoms with Gasteiger partial charge in [-0.3, -0.25) is 9.88 Å². The van der Waals surface area contributed by atoms with Crippen LogP contribution in [0.25, 0.3) is 5.57 Å². The van der Waals surface area contributed by atoms with Crippen LogP contribution in [0, 0.1) is 0 Å².